The van der Waals surface area contributed by atoms with Crippen LogP contribution in [-0.2, 0) is 23.1 Å². The zero-order valence-corrected chi connectivity index (χ0v) is 20.4. The van der Waals surface area contributed by atoms with Crippen LogP contribution in [0.25, 0.3) is 0 Å². The maximum Gasteiger partial charge on any atom is 0.410 e. The van der Waals surface area contributed by atoms with Gasteiger partial charge in [-0.2, -0.15) is 0 Å². The Morgan fingerprint density at radius 3 is 2.29 bits per heavy atom. The molecule has 0 saturated carbocycles. The molecule has 1 atom stereocenters. The van der Waals surface area contributed by atoms with E-state index in [4.69, 9.17) is 9.47 Å². The van der Waals surface area contributed by atoms with Crippen molar-refractivity contribution in [1.29, 1.82) is 0 Å². The number of nitrogens with zero attached hydrogens (tertiary/aromatic N) is 3. The summed E-state index contributed by atoms with van der Waals surface area (Å²) in [5.41, 5.74) is -0.959. The fourth-order valence-corrected chi connectivity index (χ4v) is 3.99. The molecular weight excluding hydrogens is 504 g/mol. The van der Waals surface area contributed by atoms with E-state index >= 15 is 0 Å². The molecule has 4 rings (SSSR count). The number of carbonyl (C=O) groups is 3. The molecule has 1 saturated heterocycles. The van der Waals surface area contributed by atoms with Crippen LogP contribution in [0.15, 0.2) is 65.5 Å². The van der Waals surface area contributed by atoms with E-state index in [2.05, 4.69) is 9.72 Å². The first-order valence-corrected chi connectivity index (χ1v) is 11.4. The Balaban J connectivity index is 1.70. The van der Waals surface area contributed by atoms with Crippen LogP contribution >= 0.6 is 0 Å². The van der Waals surface area contributed by atoms with Crippen LogP contribution in [0.1, 0.15) is 44.7 Å². The molecule has 1 aliphatic rings. The second kappa shape index (κ2) is 10.8. The number of likely N-dealkylation sites (tertiary alicyclic amines) is 1. The van der Waals surface area contributed by atoms with E-state index in [0.29, 0.717) is 5.56 Å². The molecule has 1 amide bonds. The zero-order chi connectivity index (χ0) is 27.4. The lowest BCUT2D eigenvalue weighted by Gasteiger charge is -2.24. The van der Waals surface area contributed by atoms with Gasteiger partial charge < -0.3 is 14.2 Å². The molecule has 198 valence electrons. The number of ether oxygens (including phenoxy) is 3. The van der Waals surface area contributed by atoms with Gasteiger partial charge in [-0.15, -0.1) is 0 Å². The average Bonchev–Trinajstić information content (AvgIpc) is 3.25. The molecule has 0 spiro atoms. The lowest BCUT2D eigenvalue weighted by molar-refractivity contribution is 0.0101. The van der Waals surface area contributed by atoms with Gasteiger partial charge in [0, 0.05) is 13.5 Å². The Kier molecular flexibility index (Phi) is 7.51. The molecule has 3 aromatic rings. The molecule has 1 unspecified atom stereocenters. The van der Waals surface area contributed by atoms with Crippen molar-refractivity contribution in [1.82, 2.24) is 14.5 Å². The van der Waals surface area contributed by atoms with Crippen LogP contribution < -0.4 is 10.3 Å². The summed E-state index contributed by atoms with van der Waals surface area (Å²) in [6, 6.07) is 14.9. The highest BCUT2D eigenvalue weighted by atomic mass is 19.3. The van der Waals surface area contributed by atoms with Gasteiger partial charge in [0.1, 0.15) is 12.4 Å². The third-order valence-electron chi connectivity index (χ3n) is 5.87. The summed E-state index contributed by atoms with van der Waals surface area (Å²) < 4.78 is 45.0. The van der Waals surface area contributed by atoms with Crippen LogP contribution in [0, 0.1) is 0 Å². The quantitative estimate of drug-likeness (QED) is 0.447. The third-order valence-corrected chi connectivity index (χ3v) is 5.87. The van der Waals surface area contributed by atoms with Crippen LogP contribution in [0.5, 0.6) is 5.75 Å². The highest BCUT2D eigenvalue weighted by Crippen LogP contribution is 2.41. The minimum absolute atomic E-state index is 0.0946. The lowest BCUT2D eigenvalue weighted by atomic mass is 10.1. The molecule has 1 fully saturated rings. The molecule has 1 aliphatic heterocycles. The molecule has 0 aliphatic carbocycles. The number of esters is 2. The number of hydrogen-bond acceptors (Lipinski definition) is 8. The smallest absolute Gasteiger partial charge is 0.410 e. The van der Waals surface area contributed by atoms with E-state index in [1.165, 1.54) is 19.2 Å². The fourth-order valence-electron chi connectivity index (χ4n) is 3.99. The lowest BCUT2D eigenvalue weighted by Crippen LogP contribution is -2.37. The summed E-state index contributed by atoms with van der Waals surface area (Å²) in [6.45, 7) is -1.15. The van der Waals surface area contributed by atoms with Gasteiger partial charge in [-0.05, 0) is 17.7 Å². The molecule has 2 heterocycles. The number of hydrogen-bond donors (Lipinski definition) is 0. The van der Waals surface area contributed by atoms with Crippen molar-refractivity contribution in [2.24, 2.45) is 7.05 Å². The summed E-state index contributed by atoms with van der Waals surface area (Å²) in [5, 5.41) is 0. The normalized spacial score (nSPS) is 16.1. The number of aromatic nitrogens is 2. The van der Waals surface area contributed by atoms with Crippen molar-refractivity contribution in [3.63, 3.8) is 0 Å². The predicted octanol–water partition coefficient (Wildman–Crippen LogP) is 3.51. The first-order valence-electron chi connectivity index (χ1n) is 11.4. The largest absolute Gasteiger partial charge is 0.464 e. The first kappa shape index (κ1) is 26.5. The van der Waals surface area contributed by atoms with Crippen molar-refractivity contribution in [2.45, 2.75) is 25.0 Å². The minimum atomic E-state index is -3.32. The summed E-state index contributed by atoms with van der Waals surface area (Å²) in [4.78, 5) is 56.0. The van der Waals surface area contributed by atoms with E-state index in [-0.39, 0.29) is 18.0 Å². The number of rotatable bonds is 6. The van der Waals surface area contributed by atoms with Crippen molar-refractivity contribution < 1.29 is 37.4 Å². The van der Waals surface area contributed by atoms with Crippen LogP contribution in [-0.4, -0.2) is 52.1 Å². The van der Waals surface area contributed by atoms with Crippen molar-refractivity contribution >= 4 is 18.0 Å². The highest BCUT2D eigenvalue weighted by Gasteiger charge is 2.50. The molecule has 0 radical (unpaired) electrons. The van der Waals surface area contributed by atoms with E-state index in [1.54, 1.807) is 48.5 Å². The number of amides is 1. The van der Waals surface area contributed by atoms with Crippen molar-refractivity contribution in [3.8, 4) is 5.75 Å². The Bertz CT molecular complexity index is 1410. The Morgan fingerprint density at radius 2 is 1.66 bits per heavy atom. The molecule has 0 N–H and O–H groups in total. The number of alkyl halides is 2. The zero-order valence-electron chi connectivity index (χ0n) is 20.4. The third kappa shape index (κ3) is 5.53. The molecule has 12 heteroatoms. The summed E-state index contributed by atoms with van der Waals surface area (Å²) in [6.07, 6.45) is -1.93. The first-order chi connectivity index (χ1) is 18.1. The van der Waals surface area contributed by atoms with Crippen molar-refractivity contribution in [3.05, 3.63) is 93.7 Å². The monoisotopic (exact) mass is 527 g/mol. The van der Waals surface area contributed by atoms with Crippen LogP contribution in [0.2, 0.25) is 0 Å². The predicted molar refractivity (Wildman–Crippen MR) is 128 cm³/mol. The fraction of sp³-hybridized carbons (Fsp3) is 0.269. The molecule has 2 aromatic carbocycles. The van der Waals surface area contributed by atoms with Gasteiger partial charge in [0.15, 0.2) is 5.69 Å². The number of methoxy groups -OCH3 is 1. The summed E-state index contributed by atoms with van der Waals surface area (Å²) >= 11 is 0. The van der Waals surface area contributed by atoms with E-state index in [9.17, 15) is 28.0 Å². The highest BCUT2D eigenvalue weighted by molar-refractivity contribution is 5.94. The number of halogens is 2. The second-order valence-corrected chi connectivity index (χ2v) is 8.50. The Labute approximate surface area is 215 Å². The van der Waals surface area contributed by atoms with Gasteiger partial charge in [0.2, 0.25) is 5.75 Å². The maximum atomic E-state index is 14.5. The molecular formula is C26H23F2N3O7. The van der Waals surface area contributed by atoms with Gasteiger partial charge in [-0.1, -0.05) is 48.5 Å². The topological polar surface area (TPSA) is 117 Å². The van der Waals surface area contributed by atoms with Gasteiger partial charge in [0.05, 0.1) is 25.3 Å². The maximum absolute atomic E-state index is 14.5. The molecule has 10 nitrogen and oxygen atoms in total. The summed E-state index contributed by atoms with van der Waals surface area (Å²) in [5.74, 6) is -6.47. The van der Waals surface area contributed by atoms with E-state index in [1.807, 2.05) is 0 Å². The van der Waals surface area contributed by atoms with E-state index in [0.717, 1.165) is 16.6 Å². The Morgan fingerprint density at radius 1 is 1.03 bits per heavy atom. The standard InChI is InChI=1S/C26H23F2N3O7/c1-30-21(18-13-26(27,28)15-31(18)25(35)37-14-16-9-5-3-6-10-16)29-19(24(34)36-2)20(22(30)32)38-23(33)17-11-7-4-8-12-17/h3-12,18H,13-15H2,1-2H3. The van der Waals surface area contributed by atoms with Crippen molar-refractivity contribution in [2.75, 3.05) is 13.7 Å². The molecule has 1 aromatic heterocycles. The SMILES string of the molecule is COC(=O)c1nc(C2CC(F)(F)CN2C(=O)OCc2ccccc2)n(C)c(=O)c1OC(=O)c1ccccc1. The van der Waals surface area contributed by atoms with Gasteiger partial charge >= 0.3 is 18.0 Å². The van der Waals surface area contributed by atoms with Gasteiger partial charge in [0.25, 0.3) is 11.5 Å². The average molecular weight is 527 g/mol. The second-order valence-electron chi connectivity index (χ2n) is 8.50. The van der Waals surface area contributed by atoms with Gasteiger partial charge in [-0.3, -0.25) is 14.3 Å². The molecule has 0 bridgehead atoms. The van der Waals surface area contributed by atoms with Crippen LogP contribution in [0.3, 0.4) is 0 Å². The number of benzene rings is 2. The summed E-state index contributed by atoms with van der Waals surface area (Å²) in [7, 11) is 2.22. The minimum Gasteiger partial charge on any atom is -0.464 e. The Hall–Kier alpha value is -4.61. The van der Waals surface area contributed by atoms with Gasteiger partial charge in [-0.25, -0.2) is 28.1 Å². The number of carbonyl (C=O) groups excluding carboxylic acids is 3. The molecule has 38 heavy (non-hydrogen) atoms. The van der Waals surface area contributed by atoms with E-state index < -0.39 is 60.0 Å². The van der Waals surface area contributed by atoms with Crippen LogP contribution in [0.4, 0.5) is 13.6 Å².